The molecule has 1 unspecified atom stereocenters. The first-order valence-corrected chi connectivity index (χ1v) is 12.1. The summed E-state index contributed by atoms with van der Waals surface area (Å²) in [5.74, 6) is 0.691. The van der Waals surface area contributed by atoms with Crippen molar-refractivity contribution in [2.24, 2.45) is 0 Å². The first-order chi connectivity index (χ1) is 16.6. The SMILES string of the molecule is O=C(CSc1nnc(-c2ccccc2Cl)n1-c1ccccc1F)NC1CCOc2ccccc21. The second-order valence-electron chi connectivity index (χ2n) is 7.66. The van der Waals surface area contributed by atoms with Gasteiger partial charge in [0.05, 0.1) is 29.1 Å². The normalized spacial score (nSPS) is 14.8. The Kier molecular flexibility index (Phi) is 6.51. The van der Waals surface area contributed by atoms with Crippen molar-refractivity contribution < 1.29 is 13.9 Å². The number of thioether (sulfide) groups is 1. The smallest absolute Gasteiger partial charge is 0.230 e. The molecule has 9 heteroatoms. The second kappa shape index (κ2) is 9.87. The van der Waals surface area contributed by atoms with Gasteiger partial charge in [-0.05, 0) is 30.3 Å². The molecule has 0 fully saturated rings. The lowest BCUT2D eigenvalue weighted by Crippen LogP contribution is -2.33. The Hall–Kier alpha value is -3.36. The van der Waals surface area contributed by atoms with Crippen molar-refractivity contribution in [1.29, 1.82) is 0 Å². The Bertz CT molecular complexity index is 1350. The monoisotopic (exact) mass is 494 g/mol. The van der Waals surface area contributed by atoms with Crippen LogP contribution in [-0.4, -0.2) is 33.0 Å². The van der Waals surface area contributed by atoms with Crippen LogP contribution in [0.25, 0.3) is 17.1 Å². The molecule has 6 nitrogen and oxygen atoms in total. The molecule has 172 valence electrons. The number of carbonyl (C=O) groups is 1. The fourth-order valence-electron chi connectivity index (χ4n) is 3.89. The van der Waals surface area contributed by atoms with E-state index in [1.807, 2.05) is 36.4 Å². The number of para-hydroxylation sites is 2. The van der Waals surface area contributed by atoms with E-state index >= 15 is 0 Å². The molecule has 0 saturated heterocycles. The van der Waals surface area contributed by atoms with Crippen LogP contribution in [0.15, 0.2) is 78.0 Å². The van der Waals surface area contributed by atoms with Crippen molar-refractivity contribution in [3.05, 3.63) is 89.2 Å². The second-order valence-corrected chi connectivity index (χ2v) is 9.01. The molecule has 0 spiro atoms. The zero-order chi connectivity index (χ0) is 23.5. The number of benzene rings is 3. The molecule has 1 aliphatic heterocycles. The Labute approximate surface area is 205 Å². The number of carbonyl (C=O) groups excluding carboxylic acids is 1. The van der Waals surface area contributed by atoms with Crippen LogP contribution in [0.4, 0.5) is 4.39 Å². The first kappa shape index (κ1) is 22.4. The summed E-state index contributed by atoms with van der Waals surface area (Å²) in [5.41, 5.74) is 1.86. The number of fused-ring (bicyclic) bond motifs is 1. The Morgan fingerprint density at radius 3 is 2.71 bits per heavy atom. The lowest BCUT2D eigenvalue weighted by atomic mass is 10.0. The predicted molar refractivity (Wildman–Crippen MR) is 130 cm³/mol. The van der Waals surface area contributed by atoms with Gasteiger partial charge < -0.3 is 10.1 Å². The highest BCUT2D eigenvalue weighted by Gasteiger charge is 2.24. The average Bonchev–Trinajstić information content (AvgIpc) is 3.27. The summed E-state index contributed by atoms with van der Waals surface area (Å²) in [6, 6.07) is 21.1. The maximum Gasteiger partial charge on any atom is 0.230 e. The maximum atomic E-state index is 14.8. The fraction of sp³-hybridized carbons (Fsp3) is 0.160. The molecular weight excluding hydrogens is 475 g/mol. The van der Waals surface area contributed by atoms with Gasteiger partial charge in [-0.15, -0.1) is 10.2 Å². The summed E-state index contributed by atoms with van der Waals surface area (Å²) in [4.78, 5) is 12.8. The minimum atomic E-state index is -0.430. The zero-order valence-corrected chi connectivity index (χ0v) is 19.5. The number of hydrogen-bond acceptors (Lipinski definition) is 5. The Morgan fingerprint density at radius 1 is 1.09 bits per heavy atom. The number of nitrogens with one attached hydrogen (secondary N) is 1. The van der Waals surface area contributed by atoms with Crippen LogP contribution in [0.1, 0.15) is 18.0 Å². The first-order valence-electron chi connectivity index (χ1n) is 10.7. The number of hydrogen-bond donors (Lipinski definition) is 1. The highest BCUT2D eigenvalue weighted by atomic mass is 35.5. The van der Waals surface area contributed by atoms with Gasteiger partial charge in [-0.25, -0.2) is 4.39 Å². The third-order valence-electron chi connectivity index (χ3n) is 5.47. The molecule has 2 heterocycles. The number of nitrogens with zero attached hydrogens (tertiary/aromatic N) is 3. The minimum absolute atomic E-state index is 0.0919. The molecule has 0 radical (unpaired) electrons. The molecule has 1 atom stereocenters. The van der Waals surface area contributed by atoms with Crippen LogP contribution in [0, 0.1) is 5.82 Å². The molecular formula is C25H20ClFN4O2S. The van der Waals surface area contributed by atoms with E-state index < -0.39 is 5.82 Å². The van der Waals surface area contributed by atoms with Crippen molar-refractivity contribution in [2.45, 2.75) is 17.6 Å². The van der Waals surface area contributed by atoms with E-state index in [2.05, 4.69) is 15.5 Å². The highest BCUT2D eigenvalue weighted by Crippen LogP contribution is 2.34. The van der Waals surface area contributed by atoms with Crippen molar-refractivity contribution >= 4 is 29.3 Å². The molecule has 34 heavy (non-hydrogen) atoms. The van der Waals surface area contributed by atoms with Crippen LogP contribution in [-0.2, 0) is 4.79 Å². The van der Waals surface area contributed by atoms with Crippen LogP contribution < -0.4 is 10.1 Å². The van der Waals surface area contributed by atoms with E-state index in [4.69, 9.17) is 16.3 Å². The van der Waals surface area contributed by atoms with Gasteiger partial charge in [0.2, 0.25) is 5.91 Å². The molecule has 1 aliphatic rings. The number of rotatable bonds is 6. The number of ether oxygens (including phenoxy) is 1. The number of aromatic nitrogens is 3. The van der Waals surface area contributed by atoms with E-state index in [9.17, 15) is 9.18 Å². The molecule has 0 bridgehead atoms. The third-order valence-corrected chi connectivity index (χ3v) is 6.73. The molecule has 5 rings (SSSR count). The molecule has 4 aromatic rings. The van der Waals surface area contributed by atoms with E-state index in [1.165, 1.54) is 17.8 Å². The van der Waals surface area contributed by atoms with Crippen LogP contribution in [0.5, 0.6) is 5.75 Å². The van der Waals surface area contributed by atoms with E-state index in [-0.39, 0.29) is 23.4 Å². The predicted octanol–water partition coefficient (Wildman–Crippen LogP) is 5.46. The summed E-state index contributed by atoms with van der Waals surface area (Å²) in [5, 5.41) is 12.5. The Morgan fingerprint density at radius 2 is 1.85 bits per heavy atom. The number of halogens is 2. The largest absolute Gasteiger partial charge is 0.493 e. The van der Waals surface area contributed by atoms with Gasteiger partial charge in [-0.1, -0.05) is 65.8 Å². The van der Waals surface area contributed by atoms with Gasteiger partial charge in [-0.3, -0.25) is 9.36 Å². The average molecular weight is 495 g/mol. The Balaban J connectivity index is 1.40. The van der Waals surface area contributed by atoms with Crippen molar-refractivity contribution in [3.8, 4) is 22.8 Å². The summed E-state index contributed by atoms with van der Waals surface area (Å²) in [7, 11) is 0. The molecule has 0 saturated carbocycles. The highest BCUT2D eigenvalue weighted by molar-refractivity contribution is 7.99. The van der Waals surface area contributed by atoms with Crippen molar-refractivity contribution in [1.82, 2.24) is 20.1 Å². The van der Waals surface area contributed by atoms with Crippen LogP contribution >= 0.6 is 23.4 Å². The summed E-state index contributed by atoms with van der Waals surface area (Å²) in [6.07, 6.45) is 0.690. The number of amides is 1. The molecule has 0 aliphatic carbocycles. The van der Waals surface area contributed by atoms with Crippen LogP contribution in [0.3, 0.4) is 0 Å². The summed E-state index contributed by atoms with van der Waals surface area (Å²) < 4.78 is 22.0. The van der Waals surface area contributed by atoms with E-state index in [0.29, 0.717) is 34.6 Å². The topological polar surface area (TPSA) is 69.0 Å². The van der Waals surface area contributed by atoms with E-state index in [0.717, 1.165) is 11.3 Å². The zero-order valence-electron chi connectivity index (χ0n) is 17.9. The van der Waals surface area contributed by atoms with Gasteiger partial charge in [0.25, 0.3) is 0 Å². The fourth-order valence-corrected chi connectivity index (χ4v) is 4.87. The van der Waals surface area contributed by atoms with Gasteiger partial charge in [0, 0.05) is 17.5 Å². The minimum Gasteiger partial charge on any atom is -0.493 e. The lowest BCUT2D eigenvalue weighted by molar-refractivity contribution is -0.119. The van der Waals surface area contributed by atoms with Crippen LogP contribution in [0.2, 0.25) is 5.02 Å². The van der Waals surface area contributed by atoms with Crippen molar-refractivity contribution in [3.63, 3.8) is 0 Å². The van der Waals surface area contributed by atoms with Gasteiger partial charge in [0.15, 0.2) is 11.0 Å². The quantitative estimate of drug-likeness (QED) is 0.360. The standard InChI is InChI=1S/C25H20ClFN4O2S/c26-18-9-3-1-7-16(18)24-29-30-25(31(24)21-11-5-4-10-19(21)27)34-15-23(32)28-20-13-14-33-22-12-6-2-8-17(20)22/h1-12,20H,13-15H2,(H,28,32). The molecule has 1 aromatic heterocycles. The van der Waals surface area contributed by atoms with E-state index in [1.54, 1.807) is 34.9 Å². The van der Waals surface area contributed by atoms with Crippen molar-refractivity contribution in [2.75, 3.05) is 12.4 Å². The molecule has 1 amide bonds. The molecule has 1 N–H and O–H groups in total. The van der Waals surface area contributed by atoms with Gasteiger partial charge >= 0.3 is 0 Å². The maximum absolute atomic E-state index is 14.8. The summed E-state index contributed by atoms with van der Waals surface area (Å²) >= 11 is 7.57. The summed E-state index contributed by atoms with van der Waals surface area (Å²) in [6.45, 7) is 0.540. The third kappa shape index (κ3) is 4.51. The van der Waals surface area contributed by atoms with Gasteiger partial charge in [-0.2, -0.15) is 0 Å². The van der Waals surface area contributed by atoms with Gasteiger partial charge in [0.1, 0.15) is 11.6 Å². The molecule has 3 aromatic carbocycles. The lowest BCUT2D eigenvalue weighted by Gasteiger charge is -2.26.